The average molecular weight is 470 g/mol. The molecule has 1 aromatic heterocycles. The third kappa shape index (κ3) is 8.08. The highest BCUT2D eigenvalue weighted by atomic mass is 35.5. The van der Waals surface area contributed by atoms with E-state index in [9.17, 15) is 24.3 Å². The van der Waals surface area contributed by atoms with E-state index >= 15 is 0 Å². The molecule has 11 heteroatoms. The number of nitrogens with one attached hydrogen (secondary N) is 1. The second-order valence-electron chi connectivity index (χ2n) is 7.49. The molecule has 3 amide bonds. The second-order valence-corrected chi connectivity index (χ2v) is 7.85. The standard InChI is InChI=1S/C21H32ClN5O5/c1-4-5-6-17(27(22)14(2)28)19(29)25-16(13-15-8-11-24-12-9-15)20(30)26(3)18(7-10-23)21(31)32/h8-9,11-12,16-18H,4-7,10,13,23H2,1-3H3,(H,25,29)(H,31,32)/t16-,17-,18-/m0/s1. The number of carbonyl (C=O) groups is 4. The first-order chi connectivity index (χ1) is 15.1. The van der Waals surface area contributed by atoms with Gasteiger partial charge in [0.2, 0.25) is 17.7 Å². The van der Waals surface area contributed by atoms with Gasteiger partial charge in [-0.05, 0) is 37.1 Å². The van der Waals surface area contributed by atoms with Gasteiger partial charge < -0.3 is 21.1 Å². The normalized spacial score (nSPS) is 13.5. The number of carboxylic acids is 1. The molecule has 0 saturated heterocycles. The molecular weight excluding hydrogens is 438 g/mol. The van der Waals surface area contributed by atoms with Crippen LogP contribution in [0.25, 0.3) is 0 Å². The molecule has 0 unspecified atom stereocenters. The minimum Gasteiger partial charge on any atom is -0.480 e. The molecule has 10 nitrogen and oxygen atoms in total. The summed E-state index contributed by atoms with van der Waals surface area (Å²) >= 11 is 6.06. The maximum atomic E-state index is 13.2. The van der Waals surface area contributed by atoms with E-state index in [-0.39, 0.29) is 19.4 Å². The van der Waals surface area contributed by atoms with E-state index in [1.165, 1.54) is 14.0 Å². The van der Waals surface area contributed by atoms with Crippen LogP contribution in [0.2, 0.25) is 0 Å². The number of likely N-dealkylation sites (N-methyl/N-ethyl adjacent to an activating group) is 1. The van der Waals surface area contributed by atoms with Crippen LogP contribution in [-0.4, -0.2) is 74.8 Å². The molecule has 3 atom stereocenters. The summed E-state index contributed by atoms with van der Waals surface area (Å²) in [6.45, 7) is 3.27. The summed E-state index contributed by atoms with van der Waals surface area (Å²) in [7, 11) is 1.36. The van der Waals surface area contributed by atoms with Crippen molar-refractivity contribution in [1.29, 1.82) is 0 Å². The van der Waals surface area contributed by atoms with E-state index in [1.54, 1.807) is 24.5 Å². The zero-order valence-corrected chi connectivity index (χ0v) is 19.4. The number of hydrogen-bond donors (Lipinski definition) is 3. The first kappa shape index (κ1) is 27.3. The van der Waals surface area contributed by atoms with E-state index in [0.29, 0.717) is 12.8 Å². The summed E-state index contributed by atoms with van der Waals surface area (Å²) in [5, 5.41) is 12.2. The largest absolute Gasteiger partial charge is 0.480 e. The number of aromatic nitrogens is 1. The zero-order valence-electron chi connectivity index (χ0n) is 18.7. The lowest BCUT2D eigenvalue weighted by atomic mass is 10.0. The van der Waals surface area contributed by atoms with Crippen molar-refractivity contribution in [2.45, 2.75) is 64.1 Å². The number of carbonyl (C=O) groups excluding carboxylic acids is 3. The Kier molecular flexibility index (Phi) is 11.6. The summed E-state index contributed by atoms with van der Waals surface area (Å²) in [5.41, 5.74) is 6.22. The lowest BCUT2D eigenvalue weighted by Gasteiger charge is -2.31. The predicted molar refractivity (Wildman–Crippen MR) is 119 cm³/mol. The Bertz CT molecular complexity index is 779. The topological polar surface area (TPSA) is 146 Å². The molecular formula is C21H32ClN5O5. The van der Waals surface area contributed by atoms with Crippen LogP contribution < -0.4 is 11.1 Å². The Morgan fingerprint density at radius 3 is 2.31 bits per heavy atom. The average Bonchev–Trinajstić information content (AvgIpc) is 2.76. The Morgan fingerprint density at radius 1 is 1.19 bits per heavy atom. The number of nitrogens with two attached hydrogens (primary N) is 1. The van der Waals surface area contributed by atoms with Crippen LogP contribution in [0.5, 0.6) is 0 Å². The molecule has 0 aliphatic carbocycles. The highest BCUT2D eigenvalue weighted by molar-refractivity contribution is 6.22. The van der Waals surface area contributed by atoms with Gasteiger partial charge in [0.05, 0.1) is 0 Å². The number of hydrogen-bond acceptors (Lipinski definition) is 6. The molecule has 0 aliphatic heterocycles. The van der Waals surface area contributed by atoms with Crippen LogP contribution in [0.15, 0.2) is 24.5 Å². The fourth-order valence-corrected chi connectivity index (χ4v) is 3.41. The van der Waals surface area contributed by atoms with Crippen molar-refractivity contribution in [3.8, 4) is 0 Å². The summed E-state index contributed by atoms with van der Waals surface area (Å²) in [6, 6.07) is 0.210. The third-order valence-corrected chi connectivity index (χ3v) is 5.53. The molecule has 1 aromatic rings. The minimum absolute atomic E-state index is 0.0619. The number of unbranched alkanes of at least 4 members (excludes halogenated alkanes) is 1. The molecule has 1 rings (SSSR count). The highest BCUT2D eigenvalue weighted by Crippen LogP contribution is 2.15. The van der Waals surface area contributed by atoms with Crippen molar-refractivity contribution in [3.05, 3.63) is 30.1 Å². The van der Waals surface area contributed by atoms with Gasteiger partial charge in [-0.3, -0.25) is 19.4 Å². The van der Waals surface area contributed by atoms with Crippen LogP contribution >= 0.6 is 11.8 Å². The SMILES string of the molecule is CCCC[C@@H](C(=O)N[C@@H](Cc1ccncc1)C(=O)N(C)[C@@H](CCN)C(=O)O)N(Cl)C(C)=O. The summed E-state index contributed by atoms with van der Waals surface area (Å²) in [6.07, 6.45) is 5.03. The van der Waals surface area contributed by atoms with Crippen molar-refractivity contribution in [2.24, 2.45) is 5.73 Å². The van der Waals surface area contributed by atoms with Gasteiger partial charge in [0.15, 0.2) is 0 Å². The molecule has 0 saturated carbocycles. The first-order valence-corrected chi connectivity index (χ1v) is 10.8. The van der Waals surface area contributed by atoms with Crippen LogP contribution in [-0.2, 0) is 25.6 Å². The molecule has 0 radical (unpaired) electrons. The minimum atomic E-state index is -1.19. The molecule has 32 heavy (non-hydrogen) atoms. The van der Waals surface area contributed by atoms with Crippen molar-refractivity contribution < 1.29 is 24.3 Å². The van der Waals surface area contributed by atoms with Gasteiger partial charge in [0, 0.05) is 44.6 Å². The molecule has 178 valence electrons. The van der Waals surface area contributed by atoms with E-state index < -0.39 is 41.8 Å². The van der Waals surface area contributed by atoms with Crippen molar-refractivity contribution in [2.75, 3.05) is 13.6 Å². The van der Waals surface area contributed by atoms with Crippen LogP contribution in [0.3, 0.4) is 0 Å². The monoisotopic (exact) mass is 469 g/mol. The fraction of sp³-hybridized carbons (Fsp3) is 0.571. The quantitative estimate of drug-likeness (QED) is 0.364. The van der Waals surface area contributed by atoms with Crippen LogP contribution in [0, 0.1) is 0 Å². The number of pyridine rings is 1. The van der Waals surface area contributed by atoms with E-state index in [4.69, 9.17) is 17.5 Å². The molecule has 0 aliphatic rings. The number of carboxylic acid groups (broad SMARTS) is 1. The fourth-order valence-electron chi connectivity index (χ4n) is 3.23. The van der Waals surface area contributed by atoms with Crippen LogP contribution in [0.4, 0.5) is 0 Å². The number of nitrogens with zero attached hydrogens (tertiary/aromatic N) is 3. The van der Waals surface area contributed by atoms with E-state index in [1.807, 2.05) is 6.92 Å². The molecule has 0 fully saturated rings. The summed E-state index contributed by atoms with van der Waals surface area (Å²) in [5.74, 6) is -2.86. The molecule has 1 heterocycles. The molecule has 0 bridgehead atoms. The molecule has 0 spiro atoms. The summed E-state index contributed by atoms with van der Waals surface area (Å²) < 4.78 is 0.831. The number of aliphatic carboxylic acids is 1. The van der Waals surface area contributed by atoms with E-state index in [2.05, 4.69) is 10.3 Å². The summed E-state index contributed by atoms with van der Waals surface area (Å²) in [4.78, 5) is 54.7. The molecule has 0 aromatic carbocycles. The highest BCUT2D eigenvalue weighted by Gasteiger charge is 2.34. The van der Waals surface area contributed by atoms with E-state index in [0.717, 1.165) is 21.3 Å². The van der Waals surface area contributed by atoms with Gasteiger partial charge in [0.1, 0.15) is 18.1 Å². The lowest BCUT2D eigenvalue weighted by Crippen LogP contribution is -2.56. The van der Waals surface area contributed by atoms with Crippen molar-refractivity contribution in [1.82, 2.24) is 19.6 Å². The predicted octanol–water partition coefficient (Wildman–Crippen LogP) is 0.930. The Morgan fingerprint density at radius 2 is 1.81 bits per heavy atom. The number of amides is 3. The second kappa shape index (κ2) is 13.6. The third-order valence-electron chi connectivity index (χ3n) is 5.05. The Hall–Kier alpha value is -2.72. The Balaban J connectivity index is 3.19. The van der Waals surface area contributed by atoms with Crippen molar-refractivity contribution >= 4 is 35.5 Å². The van der Waals surface area contributed by atoms with Gasteiger partial charge in [-0.15, -0.1) is 0 Å². The number of halogens is 1. The smallest absolute Gasteiger partial charge is 0.326 e. The zero-order chi connectivity index (χ0) is 24.3. The van der Waals surface area contributed by atoms with Crippen molar-refractivity contribution in [3.63, 3.8) is 0 Å². The Labute approximate surface area is 193 Å². The van der Waals surface area contributed by atoms with Gasteiger partial charge in [-0.1, -0.05) is 19.8 Å². The van der Waals surface area contributed by atoms with Gasteiger partial charge in [-0.2, -0.15) is 0 Å². The van der Waals surface area contributed by atoms with Gasteiger partial charge in [0.25, 0.3) is 0 Å². The maximum Gasteiger partial charge on any atom is 0.326 e. The van der Waals surface area contributed by atoms with Gasteiger partial charge >= 0.3 is 5.97 Å². The maximum absolute atomic E-state index is 13.2. The number of rotatable bonds is 13. The lowest BCUT2D eigenvalue weighted by molar-refractivity contribution is -0.150. The van der Waals surface area contributed by atoms with Crippen LogP contribution in [0.1, 0.15) is 45.1 Å². The van der Waals surface area contributed by atoms with Gasteiger partial charge in [-0.25, -0.2) is 9.21 Å². The molecule has 4 N–H and O–H groups in total. The first-order valence-electron chi connectivity index (χ1n) is 10.5.